The predicted octanol–water partition coefficient (Wildman–Crippen LogP) is 8.99. The van der Waals surface area contributed by atoms with Crippen LogP contribution >= 0.6 is 0 Å². The first-order valence-corrected chi connectivity index (χ1v) is 13.4. The third-order valence-corrected chi connectivity index (χ3v) is 7.16. The van der Waals surface area contributed by atoms with Gasteiger partial charge in [-0.1, -0.05) is 122 Å². The van der Waals surface area contributed by atoms with Crippen LogP contribution in [0.3, 0.4) is 0 Å². The summed E-state index contributed by atoms with van der Waals surface area (Å²) in [5.41, 5.74) is 13.7. The number of benzene rings is 2. The van der Waals surface area contributed by atoms with E-state index in [2.05, 4.69) is 97.6 Å². The van der Waals surface area contributed by atoms with Gasteiger partial charge in [-0.15, -0.1) is 0 Å². The minimum atomic E-state index is 0.559. The van der Waals surface area contributed by atoms with Gasteiger partial charge < -0.3 is 5.73 Å². The van der Waals surface area contributed by atoms with E-state index in [1.165, 1.54) is 40.7 Å². The summed E-state index contributed by atoms with van der Waals surface area (Å²) in [4.78, 5) is 0. The highest BCUT2D eigenvalue weighted by molar-refractivity contribution is 5.76. The SMILES string of the molecule is C=C/C=C\C=C(\N)CCCCCc1ccc(C2=CC(C3C=CC(c4ccccc4)=CC3)CC=C2)cc1. The lowest BCUT2D eigenvalue weighted by Gasteiger charge is -2.26. The Morgan fingerprint density at radius 1 is 0.833 bits per heavy atom. The van der Waals surface area contributed by atoms with Gasteiger partial charge >= 0.3 is 0 Å². The highest BCUT2D eigenvalue weighted by atomic mass is 14.6. The molecule has 1 nitrogen and oxygen atoms in total. The molecule has 0 fully saturated rings. The largest absolute Gasteiger partial charge is 0.402 e. The molecule has 36 heavy (non-hydrogen) atoms. The van der Waals surface area contributed by atoms with Gasteiger partial charge in [0, 0.05) is 5.70 Å². The molecule has 0 aliphatic heterocycles. The van der Waals surface area contributed by atoms with E-state index >= 15 is 0 Å². The third kappa shape index (κ3) is 7.46. The molecule has 184 valence electrons. The van der Waals surface area contributed by atoms with Crippen LogP contribution in [-0.4, -0.2) is 0 Å². The molecule has 2 unspecified atom stereocenters. The molecule has 2 N–H and O–H groups in total. The van der Waals surface area contributed by atoms with Gasteiger partial charge in [0.05, 0.1) is 0 Å². The zero-order valence-electron chi connectivity index (χ0n) is 21.4. The predicted molar refractivity (Wildman–Crippen MR) is 157 cm³/mol. The molecule has 4 rings (SSSR count). The van der Waals surface area contributed by atoms with Crippen molar-refractivity contribution in [1.82, 2.24) is 0 Å². The van der Waals surface area contributed by atoms with Gasteiger partial charge in [0.25, 0.3) is 0 Å². The van der Waals surface area contributed by atoms with Crippen LogP contribution in [-0.2, 0) is 6.42 Å². The van der Waals surface area contributed by atoms with E-state index in [1.807, 2.05) is 18.2 Å². The smallest absolute Gasteiger partial charge is 0.00804 e. The molecule has 0 heterocycles. The highest BCUT2D eigenvalue weighted by Crippen LogP contribution is 2.35. The molecule has 1 heteroatoms. The Morgan fingerprint density at radius 2 is 1.64 bits per heavy atom. The maximum Gasteiger partial charge on any atom is 0.00804 e. The van der Waals surface area contributed by atoms with Gasteiger partial charge in [0.2, 0.25) is 0 Å². The van der Waals surface area contributed by atoms with Crippen LogP contribution in [0.4, 0.5) is 0 Å². The number of rotatable bonds is 11. The quantitative estimate of drug-likeness (QED) is 0.256. The molecule has 2 aliphatic rings. The molecular weight excluding hydrogens is 434 g/mol. The molecule has 0 aromatic heterocycles. The monoisotopic (exact) mass is 473 g/mol. The van der Waals surface area contributed by atoms with Crippen molar-refractivity contribution in [3.63, 3.8) is 0 Å². The van der Waals surface area contributed by atoms with Gasteiger partial charge in [-0.05, 0) is 84.3 Å². The average Bonchev–Trinajstić information content (AvgIpc) is 2.94. The molecule has 2 atom stereocenters. The fraction of sp³-hybridized carbons (Fsp3) is 0.257. The molecule has 0 spiro atoms. The summed E-state index contributed by atoms with van der Waals surface area (Å²) in [6, 6.07) is 19.9. The van der Waals surface area contributed by atoms with E-state index in [0.717, 1.165) is 37.8 Å². The summed E-state index contributed by atoms with van der Waals surface area (Å²) in [7, 11) is 0. The van der Waals surface area contributed by atoms with Crippen LogP contribution in [0.2, 0.25) is 0 Å². The van der Waals surface area contributed by atoms with Crippen LogP contribution < -0.4 is 5.73 Å². The Kier molecular flexibility index (Phi) is 9.56. The number of nitrogens with two attached hydrogens (primary N) is 1. The molecule has 2 aromatic carbocycles. The number of allylic oxidation sites excluding steroid dienone is 13. The van der Waals surface area contributed by atoms with Crippen LogP contribution in [0.25, 0.3) is 11.1 Å². The average molecular weight is 474 g/mol. The molecule has 2 aliphatic carbocycles. The Balaban J connectivity index is 1.26. The van der Waals surface area contributed by atoms with E-state index in [9.17, 15) is 0 Å². The van der Waals surface area contributed by atoms with Crippen molar-refractivity contribution in [3.05, 3.63) is 144 Å². The zero-order valence-corrected chi connectivity index (χ0v) is 21.4. The Labute approximate surface area is 217 Å². The van der Waals surface area contributed by atoms with E-state index in [-0.39, 0.29) is 0 Å². The van der Waals surface area contributed by atoms with Crippen molar-refractivity contribution in [2.75, 3.05) is 0 Å². The fourth-order valence-corrected chi connectivity index (χ4v) is 5.04. The van der Waals surface area contributed by atoms with Crippen LogP contribution in [0, 0.1) is 11.8 Å². The summed E-state index contributed by atoms with van der Waals surface area (Å²) < 4.78 is 0. The van der Waals surface area contributed by atoms with E-state index in [0.29, 0.717) is 11.8 Å². The summed E-state index contributed by atoms with van der Waals surface area (Å²) in [6.07, 6.45) is 29.7. The molecule has 0 amide bonds. The minimum absolute atomic E-state index is 0.559. The van der Waals surface area contributed by atoms with E-state index in [4.69, 9.17) is 5.73 Å². The lowest BCUT2D eigenvalue weighted by atomic mass is 9.79. The van der Waals surface area contributed by atoms with Crippen molar-refractivity contribution in [3.8, 4) is 0 Å². The van der Waals surface area contributed by atoms with Gasteiger partial charge in [0.15, 0.2) is 0 Å². The molecule has 0 radical (unpaired) electrons. The number of hydrogen-bond acceptors (Lipinski definition) is 1. The van der Waals surface area contributed by atoms with Crippen molar-refractivity contribution in [2.45, 2.75) is 44.9 Å². The van der Waals surface area contributed by atoms with E-state index < -0.39 is 0 Å². The van der Waals surface area contributed by atoms with Crippen LogP contribution in [0.15, 0.2) is 128 Å². The maximum absolute atomic E-state index is 6.04. The van der Waals surface area contributed by atoms with Gasteiger partial charge in [-0.25, -0.2) is 0 Å². The maximum atomic E-state index is 6.04. The first kappa shape index (κ1) is 25.5. The normalized spacial score (nSPS) is 19.8. The van der Waals surface area contributed by atoms with Crippen molar-refractivity contribution >= 4 is 11.1 Å². The minimum Gasteiger partial charge on any atom is -0.402 e. The Hall–Kier alpha value is -3.58. The number of aryl methyl sites for hydroxylation is 1. The topological polar surface area (TPSA) is 26.0 Å². The van der Waals surface area contributed by atoms with Crippen molar-refractivity contribution in [1.29, 1.82) is 0 Å². The van der Waals surface area contributed by atoms with Crippen LogP contribution in [0.5, 0.6) is 0 Å². The molecule has 0 saturated carbocycles. The lowest BCUT2D eigenvalue weighted by Crippen LogP contribution is -2.13. The standard InChI is InChI=1S/C35H39N/c1-2-3-6-17-35(36)18-10-4-7-12-28-19-21-31(22-20-28)33-15-11-16-34(27-33)32-25-23-30(24-26-32)29-13-8-5-9-14-29/h2-3,5-6,8-9,11,13-15,17,19-25,27,32,34H,1,4,7,10,12,16,18,26,36H2/b6-3-,35-17+. The number of unbranched alkanes of at least 4 members (excludes halogenated alkanes) is 2. The third-order valence-electron chi connectivity index (χ3n) is 7.16. The molecule has 0 bridgehead atoms. The summed E-state index contributed by atoms with van der Waals surface area (Å²) in [5, 5.41) is 0. The first-order chi connectivity index (χ1) is 17.7. The van der Waals surface area contributed by atoms with Gasteiger partial charge in [-0.2, -0.15) is 0 Å². The second-order valence-corrected chi connectivity index (χ2v) is 9.83. The molecule has 0 saturated heterocycles. The van der Waals surface area contributed by atoms with Gasteiger partial charge in [-0.3, -0.25) is 0 Å². The summed E-state index contributed by atoms with van der Waals surface area (Å²) >= 11 is 0. The van der Waals surface area contributed by atoms with Crippen LogP contribution in [0.1, 0.15) is 55.2 Å². The summed E-state index contributed by atoms with van der Waals surface area (Å²) in [6.45, 7) is 3.67. The van der Waals surface area contributed by atoms with Crippen molar-refractivity contribution < 1.29 is 0 Å². The fourth-order valence-electron chi connectivity index (χ4n) is 5.04. The molecular formula is C35H39N. The van der Waals surface area contributed by atoms with Gasteiger partial charge in [0.1, 0.15) is 0 Å². The zero-order chi connectivity index (χ0) is 25.0. The lowest BCUT2D eigenvalue weighted by molar-refractivity contribution is 0.480. The van der Waals surface area contributed by atoms with Crippen molar-refractivity contribution in [2.24, 2.45) is 17.6 Å². The highest BCUT2D eigenvalue weighted by Gasteiger charge is 2.20. The van der Waals surface area contributed by atoms with E-state index in [1.54, 1.807) is 6.08 Å². The second-order valence-electron chi connectivity index (χ2n) is 9.83. The first-order valence-electron chi connectivity index (χ1n) is 13.4. The summed E-state index contributed by atoms with van der Waals surface area (Å²) in [5.74, 6) is 1.13. The number of hydrogen-bond donors (Lipinski definition) is 1. The molecule has 2 aromatic rings. The second kappa shape index (κ2) is 13.5. The Bertz CT molecular complexity index is 1170. The Morgan fingerprint density at radius 3 is 2.39 bits per heavy atom.